The van der Waals surface area contributed by atoms with Gasteiger partial charge >= 0.3 is 0 Å². The summed E-state index contributed by atoms with van der Waals surface area (Å²) in [4.78, 5) is 25.6. The summed E-state index contributed by atoms with van der Waals surface area (Å²) in [5.41, 5.74) is 0.554. The molecule has 5 nitrogen and oxygen atoms in total. The molecule has 140 valence electrons. The van der Waals surface area contributed by atoms with Gasteiger partial charge in [0, 0.05) is 23.0 Å². The molecule has 0 saturated carbocycles. The van der Waals surface area contributed by atoms with Crippen molar-refractivity contribution in [1.82, 2.24) is 9.97 Å². The fourth-order valence-electron chi connectivity index (χ4n) is 3.43. The molecule has 3 heterocycles. The highest BCUT2D eigenvalue weighted by Crippen LogP contribution is 2.36. The molecule has 3 aromatic rings. The SMILES string of the molecule is Cc1sc2ncnc(N3CCCCC3)c2c1C(=O)Nc1cc(Cl)ccc1F. The molecular formula is C19H18ClFN4OS. The van der Waals surface area contributed by atoms with E-state index in [1.165, 1.54) is 36.0 Å². The third kappa shape index (κ3) is 3.49. The maximum absolute atomic E-state index is 14.1. The van der Waals surface area contributed by atoms with Crippen molar-refractivity contribution >= 4 is 50.6 Å². The Balaban J connectivity index is 1.77. The summed E-state index contributed by atoms with van der Waals surface area (Å²) in [5, 5.41) is 3.75. The van der Waals surface area contributed by atoms with Crippen LogP contribution in [0.3, 0.4) is 0 Å². The molecule has 0 spiro atoms. The van der Waals surface area contributed by atoms with Gasteiger partial charge in [0.1, 0.15) is 22.8 Å². The molecule has 1 amide bonds. The quantitative estimate of drug-likeness (QED) is 0.664. The molecule has 1 aromatic carbocycles. The lowest BCUT2D eigenvalue weighted by molar-refractivity contribution is 0.102. The summed E-state index contributed by atoms with van der Waals surface area (Å²) in [6.07, 6.45) is 4.95. The van der Waals surface area contributed by atoms with E-state index in [9.17, 15) is 9.18 Å². The Bertz CT molecular complexity index is 1020. The molecule has 1 aliphatic rings. The summed E-state index contributed by atoms with van der Waals surface area (Å²) in [5.74, 6) is -0.133. The number of hydrogen-bond donors (Lipinski definition) is 1. The van der Waals surface area contributed by atoms with E-state index in [0.29, 0.717) is 10.6 Å². The number of benzene rings is 1. The summed E-state index contributed by atoms with van der Waals surface area (Å²) < 4.78 is 14.1. The summed E-state index contributed by atoms with van der Waals surface area (Å²) in [7, 11) is 0. The number of amides is 1. The molecule has 1 aliphatic heterocycles. The molecule has 1 fully saturated rings. The first-order chi connectivity index (χ1) is 13.0. The van der Waals surface area contributed by atoms with Crippen molar-refractivity contribution in [3.63, 3.8) is 0 Å². The van der Waals surface area contributed by atoms with Crippen LogP contribution in [0.15, 0.2) is 24.5 Å². The van der Waals surface area contributed by atoms with Crippen LogP contribution in [-0.4, -0.2) is 29.0 Å². The maximum atomic E-state index is 14.1. The predicted octanol–water partition coefficient (Wildman–Crippen LogP) is 5.03. The fraction of sp³-hybridized carbons (Fsp3) is 0.316. The van der Waals surface area contributed by atoms with Gasteiger partial charge in [0.05, 0.1) is 16.6 Å². The minimum atomic E-state index is -0.530. The second-order valence-corrected chi connectivity index (χ2v) is 8.18. The Hall–Kier alpha value is -2.25. The summed E-state index contributed by atoms with van der Waals surface area (Å²) in [6.45, 7) is 3.69. The average Bonchev–Trinajstić information content (AvgIpc) is 3.01. The van der Waals surface area contributed by atoms with Crippen LogP contribution in [0.5, 0.6) is 0 Å². The van der Waals surface area contributed by atoms with E-state index in [2.05, 4.69) is 20.2 Å². The van der Waals surface area contributed by atoms with Crippen LogP contribution in [0, 0.1) is 12.7 Å². The van der Waals surface area contributed by atoms with E-state index in [1.54, 1.807) is 6.33 Å². The summed E-state index contributed by atoms with van der Waals surface area (Å²) in [6, 6.07) is 4.08. The van der Waals surface area contributed by atoms with Gasteiger partial charge in [-0.05, 0) is 44.4 Å². The van der Waals surface area contributed by atoms with Crippen molar-refractivity contribution in [1.29, 1.82) is 0 Å². The van der Waals surface area contributed by atoms with Crippen LogP contribution in [0.25, 0.3) is 10.2 Å². The van der Waals surface area contributed by atoms with Gasteiger partial charge in [-0.3, -0.25) is 4.79 Å². The molecular weight excluding hydrogens is 387 g/mol. The third-order valence-electron chi connectivity index (χ3n) is 4.70. The molecule has 0 aliphatic carbocycles. The lowest BCUT2D eigenvalue weighted by atomic mass is 10.1. The fourth-order valence-corrected chi connectivity index (χ4v) is 4.58. The van der Waals surface area contributed by atoms with Crippen molar-refractivity contribution in [3.8, 4) is 0 Å². The highest BCUT2D eigenvalue weighted by atomic mass is 35.5. The number of nitrogens with one attached hydrogen (secondary N) is 1. The van der Waals surface area contributed by atoms with E-state index >= 15 is 0 Å². The Kier molecular flexibility index (Phi) is 4.97. The van der Waals surface area contributed by atoms with E-state index in [-0.39, 0.29) is 11.6 Å². The number of piperidine rings is 1. The molecule has 0 bridgehead atoms. The van der Waals surface area contributed by atoms with Crippen molar-refractivity contribution in [2.24, 2.45) is 0 Å². The number of carbonyl (C=O) groups excluding carboxylic acids is 1. The standard InChI is InChI=1S/C19H18ClFN4OS/c1-11-15(18(26)24-14-9-12(20)5-6-13(14)21)16-17(22-10-23-19(16)27-11)25-7-3-2-4-8-25/h5-6,9-10H,2-4,7-8H2,1H3,(H,24,26). The highest BCUT2D eigenvalue weighted by Gasteiger charge is 2.25. The van der Waals surface area contributed by atoms with E-state index in [0.717, 1.165) is 46.8 Å². The lowest BCUT2D eigenvalue weighted by Gasteiger charge is -2.28. The molecule has 1 saturated heterocycles. The lowest BCUT2D eigenvalue weighted by Crippen LogP contribution is -2.30. The van der Waals surface area contributed by atoms with Gasteiger partial charge in [-0.2, -0.15) is 0 Å². The maximum Gasteiger partial charge on any atom is 0.257 e. The number of aromatic nitrogens is 2. The number of rotatable bonds is 3. The number of nitrogens with zero attached hydrogens (tertiary/aromatic N) is 3. The molecule has 0 atom stereocenters. The smallest absolute Gasteiger partial charge is 0.257 e. The third-order valence-corrected chi connectivity index (χ3v) is 5.95. The molecule has 4 rings (SSSR count). The number of aryl methyl sites for hydroxylation is 1. The zero-order chi connectivity index (χ0) is 19.0. The van der Waals surface area contributed by atoms with Gasteiger partial charge in [-0.1, -0.05) is 11.6 Å². The van der Waals surface area contributed by atoms with Gasteiger partial charge in [0.2, 0.25) is 0 Å². The van der Waals surface area contributed by atoms with Crippen LogP contribution < -0.4 is 10.2 Å². The molecule has 27 heavy (non-hydrogen) atoms. The number of hydrogen-bond acceptors (Lipinski definition) is 5. The first-order valence-corrected chi connectivity index (χ1v) is 9.99. The Morgan fingerprint density at radius 1 is 1.26 bits per heavy atom. The minimum absolute atomic E-state index is 0.0580. The number of halogens is 2. The van der Waals surface area contributed by atoms with Crippen LogP contribution in [0.1, 0.15) is 34.5 Å². The van der Waals surface area contributed by atoms with Crippen LogP contribution in [-0.2, 0) is 0 Å². The normalized spacial score (nSPS) is 14.6. The molecule has 8 heteroatoms. The van der Waals surface area contributed by atoms with Crippen molar-refractivity contribution < 1.29 is 9.18 Å². The van der Waals surface area contributed by atoms with Gasteiger partial charge in [-0.25, -0.2) is 14.4 Å². The molecule has 0 radical (unpaired) electrons. The van der Waals surface area contributed by atoms with Crippen LogP contribution >= 0.6 is 22.9 Å². The minimum Gasteiger partial charge on any atom is -0.356 e. The largest absolute Gasteiger partial charge is 0.356 e. The molecule has 0 unspecified atom stereocenters. The second kappa shape index (κ2) is 7.40. The Morgan fingerprint density at radius 3 is 2.81 bits per heavy atom. The Labute approximate surface area is 165 Å². The first kappa shape index (κ1) is 18.1. The van der Waals surface area contributed by atoms with E-state index in [4.69, 9.17) is 11.6 Å². The Morgan fingerprint density at radius 2 is 2.04 bits per heavy atom. The van der Waals surface area contributed by atoms with Crippen LogP contribution in [0.4, 0.5) is 15.9 Å². The number of fused-ring (bicyclic) bond motifs is 1. The van der Waals surface area contributed by atoms with Gasteiger partial charge < -0.3 is 10.2 Å². The predicted molar refractivity (Wildman–Crippen MR) is 108 cm³/mol. The van der Waals surface area contributed by atoms with Gasteiger partial charge in [0.25, 0.3) is 5.91 Å². The monoisotopic (exact) mass is 404 g/mol. The van der Waals surface area contributed by atoms with Crippen molar-refractivity contribution in [2.75, 3.05) is 23.3 Å². The van der Waals surface area contributed by atoms with Crippen molar-refractivity contribution in [3.05, 3.63) is 45.8 Å². The topological polar surface area (TPSA) is 58.1 Å². The van der Waals surface area contributed by atoms with E-state index < -0.39 is 5.82 Å². The van der Waals surface area contributed by atoms with Gasteiger partial charge in [-0.15, -0.1) is 11.3 Å². The number of thiophene rings is 1. The van der Waals surface area contributed by atoms with Crippen molar-refractivity contribution in [2.45, 2.75) is 26.2 Å². The molecule has 2 aromatic heterocycles. The second-order valence-electron chi connectivity index (χ2n) is 6.54. The number of anilines is 2. The highest BCUT2D eigenvalue weighted by molar-refractivity contribution is 7.19. The average molecular weight is 405 g/mol. The van der Waals surface area contributed by atoms with E-state index in [1.807, 2.05) is 6.92 Å². The van der Waals surface area contributed by atoms with Crippen LogP contribution in [0.2, 0.25) is 5.02 Å². The molecule has 1 N–H and O–H groups in total. The number of carbonyl (C=O) groups is 1. The first-order valence-electron chi connectivity index (χ1n) is 8.80. The van der Waals surface area contributed by atoms with Gasteiger partial charge in [0.15, 0.2) is 0 Å². The zero-order valence-electron chi connectivity index (χ0n) is 14.8. The zero-order valence-corrected chi connectivity index (χ0v) is 16.3. The summed E-state index contributed by atoms with van der Waals surface area (Å²) >= 11 is 7.38.